The monoisotopic (exact) mass is 263 g/mol. The van der Waals surface area contributed by atoms with Gasteiger partial charge in [-0.15, -0.1) is 0 Å². The Kier molecular flexibility index (Phi) is 3.87. The van der Waals surface area contributed by atoms with E-state index in [1.807, 2.05) is 13.8 Å². The van der Waals surface area contributed by atoms with Gasteiger partial charge in [-0.05, 0) is 54.8 Å². The molecule has 0 spiro atoms. The van der Waals surface area contributed by atoms with E-state index in [-0.39, 0.29) is 5.82 Å². The molecule has 2 rings (SSSR count). The van der Waals surface area contributed by atoms with Crippen LogP contribution in [0.1, 0.15) is 16.7 Å². The summed E-state index contributed by atoms with van der Waals surface area (Å²) in [5.74, 6) is -0.267. The van der Waals surface area contributed by atoms with E-state index in [0.29, 0.717) is 11.6 Å². The maximum absolute atomic E-state index is 13.1. The molecule has 0 aliphatic rings. The Morgan fingerprint density at radius 3 is 2.67 bits per heavy atom. The second-order valence-corrected chi connectivity index (χ2v) is 4.81. The number of aryl methyl sites for hydroxylation is 2. The normalized spacial score (nSPS) is 10.4. The number of hydrogen-bond acceptors (Lipinski definition) is 1. The molecule has 0 saturated carbocycles. The third-order valence-electron chi connectivity index (χ3n) is 2.87. The van der Waals surface area contributed by atoms with Crippen molar-refractivity contribution >= 4 is 17.3 Å². The lowest BCUT2D eigenvalue weighted by Gasteiger charge is -2.11. The first-order valence-corrected chi connectivity index (χ1v) is 6.19. The van der Waals surface area contributed by atoms with Crippen molar-refractivity contribution in [2.75, 3.05) is 5.32 Å². The van der Waals surface area contributed by atoms with Crippen molar-refractivity contribution in [2.24, 2.45) is 0 Å². The highest BCUT2D eigenvalue weighted by Gasteiger charge is 2.03. The third kappa shape index (κ3) is 3.02. The van der Waals surface area contributed by atoms with Crippen LogP contribution in [0.25, 0.3) is 0 Å². The summed E-state index contributed by atoms with van der Waals surface area (Å²) in [6.45, 7) is 4.59. The molecule has 3 heteroatoms. The Morgan fingerprint density at radius 1 is 1.11 bits per heavy atom. The summed E-state index contributed by atoms with van der Waals surface area (Å²) in [4.78, 5) is 0. The highest BCUT2D eigenvalue weighted by Crippen LogP contribution is 2.21. The van der Waals surface area contributed by atoms with Crippen molar-refractivity contribution < 1.29 is 4.39 Å². The van der Waals surface area contributed by atoms with Gasteiger partial charge in [-0.3, -0.25) is 0 Å². The van der Waals surface area contributed by atoms with E-state index in [9.17, 15) is 4.39 Å². The predicted molar refractivity (Wildman–Crippen MR) is 74.7 cm³/mol. The van der Waals surface area contributed by atoms with Gasteiger partial charge in [0.05, 0.1) is 0 Å². The number of benzene rings is 2. The van der Waals surface area contributed by atoms with Crippen molar-refractivity contribution in [3.63, 3.8) is 0 Å². The van der Waals surface area contributed by atoms with Gasteiger partial charge in [0.25, 0.3) is 0 Å². The topological polar surface area (TPSA) is 12.0 Å². The summed E-state index contributed by atoms with van der Waals surface area (Å²) >= 11 is 6.03. The molecule has 1 nitrogen and oxygen atoms in total. The quantitative estimate of drug-likeness (QED) is 0.846. The minimum Gasteiger partial charge on any atom is -0.381 e. The Balaban J connectivity index is 2.16. The van der Waals surface area contributed by atoms with Crippen LogP contribution < -0.4 is 5.32 Å². The van der Waals surface area contributed by atoms with Crippen LogP contribution in [0.5, 0.6) is 0 Å². The fourth-order valence-electron chi connectivity index (χ4n) is 1.80. The van der Waals surface area contributed by atoms with Gasteiger partial charge in [-0.25, -0.2) is 4.39 Å². The van der Waals surface area contributed by atoms with Gasteiger partial charge in [-0.2, -0.15) is 0 Å². The van der Waals surface area contributed by atoms with Crippen LogP contribution in [0.2, 0.25) is 5.02 Å². The van der Waals surface area contributed by atoms with Gasteiger partial charge in [0.1, 0.15) is 5.82 Å². The lowest BCUT2D eigenvalue weighted by Crippen LogP contribution is -2.02. The second kappa shape index (κ2) is 5.40. The minimum atomic E-state index is -0.267. The molecule has 18 heavy (non-hydrogen) atoms. The summed E-state index contributed by atoms with van der Waals surface area (Å²) in [5.41, 5.74) is 4.16. The Labute approximate surface area is 112 Å². The molecule has 0 aromatic heterocycles. The molecular formula is C15H15ClFN. The number of anilines is 1. The average Bonchev–Trinajstić information content (AvgIpc) is 2.34. The minimum absolute atomic E-state index is 0.267. The van der Waals surface area contributed by atoms with Crippen LogP contribution in [0.3, 0.4) is 0 Å². The first-order valence-electron chi connectivity index (χ1n) is 5.81. The van der Waals surface area contributed by atoms with Crippen LogP contribution in [0, 0.1) is 19.7 Å². The number of hydrogen-bond donors (Lipinski definition) is 1. The summed E-state index contributed by atoms with van der Waals surface area (Å²) in [6, 6.07) is 10.6. The molecule has 0 radical (unpaired) electrons. The third-order valence-corrected chi connectivity index (χ3v) is 3.24. The molecule has 94 valence electrons. The zero-order valence-corrected chi connectivity index (χ0v) is 11.2. The van der Waals surface area contributed by atoms with Gasteiger partial charge in [-0.1, -0.05) is 23.7 Å². The van der Waals surface area contributed by atoms with Crippen molar-refractivity contribution in [1.29, 1.82) is 0 Å². The van der Waals surface area contributed by atoms with Gasteiger partial charge >= 0.3 is 0 Å². The molecule has 0 bridgehead atoms. The van der Waals surface area contributed by atoms with E-state index < -0.39 is 0 Å². The van der Waals surface area contributed by atoms with Crippen molar-refractivity contribution in [3.05, 3.63) is 63.9 Å². The maximum Gasteiger partial charge on any atom is 0.123 e. The summed E-state index contributed by atoms with van der Waals surface area (Å²) in [5, 5.41) is 3.86. The second-order valence-electron chi connectivity index (χ2n) is 4.41. The van der Waals surface area contributed by atoms with Gasteiger partial charge in [0.2, 0.25) is 0 Å². The molecule has 0 atom stereocenters. The zero-order valence-electron chi connectivity index (χ0n) is 10.4. The van der Waals surface area contributed by atoms with E-state index in [4.69, 9.17) is 11.6 Å². The maximum atomic E-state index is 13.1. The molecule has 1 N–H and O–H groups in total. The largest absolute Gasteiger partial charge is 0.381 e. The smallest absolute Gasteiger partial charge is 0.123 e. The molecule has 0 fully saturated rings. The lowest BCUT2D eigenvalue weighted by molar-refractivity contribution is 0.626. The van der Waals surface area contributed by atoms with Crippen LogP contribution >= 0.6 is 11.6 Å². The van der Waals surface area contributed by atoms with Crippen molar-refractivity contribution in [3.8, 4) is 0 Å². The molecule has 0 saturated heterocycles. The van der Waals surface area contributed by atoms with Crippen LogP contribution in [0.4, 0.5) is 10.1 Å². The summed E-state index contributed by atoms with van der Waals surface area (Å²) < 4.78 is 13.1. The molecule has 0 unspecified atom stereocenters. The summed E-state index contributed by atoms with van der Waals surface area (Å²) in [6.07, 6.45) is 0. The van der Waals surface area contributed by atoms with Crippen LogP contribution in [0.15, 0.2) is 36.4 Å². The predicted octanol–water partition coefficient (Wildman–Crippen LogP) is 4.71. The molecule has 0 heterocycles. The highest BCUT2D eigenvalue weighted by atomic mass is 35.5. The Bertz CT molecular complexity index is 515. The van der Waals surface area contributed by atoms with E-state index >= 15 is 0 Å². The molecular weight excluding hydrogens is 249 g/mol. The molecule has 0 amide bonds. The highest BCUT2D eigenvalue weighted by molar-refractivity contribution is 6.31. The van der Waals surface area contributed by atoms with Gasteiger partial charge < -0.3 is 5.32 Å². The first kappa shape index (κ1) is 12.9. The van der Waals surface area contributed by atoms with E-state index in [0.717, 1.165) is 16.8 Å². The van der Waals surface area contributed by atoms with Crippen LogP contribution in [-0.4, -0.2) is 0 Å². The van der Waals surface area contributed by atoms with Crippen molar-refractivity contribution in [2.45, 2.75) is 20.4 Å². The first-order chi connectivity index (χ1) is 8.56. The zero-order chi connectivity index (χ0) is 13.1. The van der Waals surface area contributed by atoms with E-state index in [1.54, 1.807) is 6.07 Å². The van der Waals surface area contributed by atoms with Gasteiger partial charge in [0.15, 0.2) is 0 Å². The average molecular weight is 264 g/mol. The molecule has 0 aliphatic carbocycles. The number of halogens is 2. The van der Waals surface area contributed by atoms with E-state index in [1.165, 1.54) is 17.7 Å². The number of nitrogens with one attached hydrogen (secondary N) is 1. The lowest BCUT2D eigenvalue weighted by atomic mass is 10.1. The molecule has 0 aliphatic heterocycles. The standard InChI is InChI=1S/C15H15ClFN/c1-10-3-4-11(2)15(7-10)18-9-12-8-13(17)5-6-14(12)16/h3-8,18H,9H2,1-2H3. The Hall–Kier alpha value is -1.54. The fourth-order valence-corrected chi connectivity index (χ4v) is 1.98. The summed E-state index contributed by atoms with van der Waals surface area (Å²) in [7, 11) is 0. The fraction of sp³-hybridized carbons (Fsp3) is 0.200. The van der Waals surface area contributed by atoms with E-state index in [2.05, 4.69) is 23.5 Å². The van der Waals surface area contributed by atoms with Gasteiger partial charge in [0, 0.05) is 17.3 Å². The van der Waals surface area contributed by atoms with Crippen molar-refractivity contribution in [1.82, 2.24) is 0 Å². The van der Waals surface area contributed by atoms with Crippen LogP contribution in [-0.2, 0) is 6.54 Å². The molecule has 2 aromatic rings. The number of rotatable bonds is 3. The molecule has 2 aromatic carbocycles. The SMILES string of the molecule is Cc1ccc(C)c(NCc2cc(F)ccc2Cl)c1. The Morgan fingerprint density at radius 2 is 1.89 bits per heavy atom.